The van der Waals surface area contributed by atoms with E-state index in [2.05, 4.69) is 33.0 Å². The van der Waals surface area contributed by atoms with Gasteiger partial charge in [-0.1, -0.05) is 39.8 Å². The summed E-state index contributed by atoms with van der Waals surface area (Å²) in [6.45, 7) is 10.2. The van der Waals surface area contributed by atoms with Gasteiger partial charge in [-0.25, -0.2) is 4.39 Å². The van der Waals surface area contributed by atoms with E-state index in [4.69, 9.17) is 0 Å². The molecule has 1 aliphatic carbocycles. The Balaban J connectivity index is 2.15. The first-order valence-corrected chi connectivity index (χ1v) is 7.86. The molecule has 0 bridgehead atoms. The highest BCUT2D eigenvalue weighted by molar-refractivity contribution is 5.22. The van der Waals surface area contributed by atoms with Gasteiger partial charge in [0.25, 0.3) is 0 Å². The fraction of sp³-hybridized carbons (Fsp3) is 0.667. The maximum Gasteiger partial charge on any atom is 0.123 e. The number of rotatable bonds is 4. The smallest absolute Gasteiger partial charge is 0.123 e. The molecule has 2 unspecified atom stereocenters. The Morgan fingerprint density at radius 3 is 2.50 bits per heavy atom. The fourth-order valence-electron chi connectivity index (χ4n) is 3.37. The molecule has 1 nitrogen and oxygen atoms in total. The number of hydrogen-bond acceptors (Lipinski definition) is 1. The van der Waals surface area contributed by atoms with Crippen molar-refractivity contribution in [1.29, 1.82) is 0 Å². The van der Waals surface area contributed by atoms with Crippen molar-refractivity contribution in [2.45, 2.75) is 58.9 Å². The van der Waals surface area contributed by atoms with E-state index in [0.717, 1.165) is 6.54 Å². The third-order valence-corrected chi connectivity index (χ3v) is 4.62. The Bertz CT molecular complexity index is 420. The lowest BCUT2D eigenvalue weighted by molar-refractivity contribution is 0.158. The van der Waals surface area contributed by atoms with Gasteiger partial charge in [0.05, 0.1) is 0 Å². The predicted octanol–water partition coefficient (Wildman–Crippen LogP) is 4.73. The van der Waals surface area contributed by atoms with Crippen LogP contribution < -0.4 is 5.32 Å². The standard InChI is InChI=1S/C18H28FN/c1-13(2)20-12-15-9-10-18(3,4)11-17(15)14-5-7-16(19)8-6-14/h5-8,13,15,17,20H,9-12H2,1-4H3. The second-order valence-electron chi connectivity index (χ2n) is 7.39. The van der Waals surface area contributed by atoms with Gasteiger partial charge >= 0.3 is 0 Å². The molecule has 0 aliphatic heterocycles. The number of nitrogens with one attached hydrogen (secondary N) is 1. The molecule has 1 saturated carbocycles. The lowest BCUT2D eigenvalue weighted by atomic mass is 9.65. The quantitative estimate of drug-likeness (QED) is 0.838. The molecule has 1 aromatic carbocycles. The molecule has 1 aromatic rings. The van der Waals surface area contributed by atoms with Crippen molar-refractivity contribution in [3.8, 4) is 0 Å². The lowest BCUT2D eigenvalue weighted by Gasteiger charge is -2.41. The van der Waals surface area contributed by atoms with Gasteiger partial charge < -0.3 is 5.32 Å². The molecule has 2 heteroatoms. The summed E-state index contributed by atoms with van der Waals surface area (Å²) in [7, 11) is 0. The van der Waals surface area contributed by atoms with Gasteiger partial charge in [-0.2, -0.15) is 0 Å². The van der Waals surface area contributed by atoms with E-state index in [1.54, 1.807) is 12.1 Å². The Kier molecular flexibility index (Phi) is 4.85. The Morgan fingerprint density at radius 2 is 1.90 bits per heavy atom. The first kappa shape index (κ1) is 15.5. The highest BCUT2D eigenvalue weighted by Gasteiger charge is 2.35. The summed E-state index contributed by atoms with van der Waals surface area (Å²) in [5.74, 6) is 1.07. The van der Waals surface area contributed by atoms with Gasteiger partial charge in [0.15, 0.2) is 0 Å². The van der Waals surface area contributed by atoms with Crippen molar-refractivity contribution >= 4 is 0 Å². The van der Waals surface area contributed by atoms with Gasteiger partial charge in [-0.05, 0) is 60.8 Å². The van der Waals surface area contributed by atoms with Crippen molar-refractivity contribution in [2.24, 2.45) is 11.3 Å². The van der Waals surface area contributed by atoms with Crippen LogP contribution in [0.4, 0.5) is 4.39 Å². The van der Waals surface area contributed by atoms with E-state index < -0.39 is 0 Å². The van der Waals surface area contributed by atoms with E-state index in [1.165, 1.54) is 24.8 Å². The number of halogens is 1. The lowest BCUT2D eigenvalue weighted by Crippen LogP contribution is -2.37. The minimum absolute atomic E-state index is 0.138. The van der Waals surface area contributed by atoms with E-state index in [0.29, 0.717) is 23.3 Å². The first-order valence-electron chi connectivity index (χ1n) is 7.86. The first-order chi connectivity index (χ1) is 9.37. The molecule has 0 saturated heterocycles. The van der Waals surface area contributed by atoms with Crippen LogP contribution in [0.15, 0.2) is 24.3 Å². The van der Waals surface area contributed by atoms with Crippen LogP contribution in [0.1, 0.15) is 58.4 Å². The van der Waals surface area contributed by atoms with Crippen LogP contribution in [0.5, 0.6) is 0 Å². The summed E-state index contributed by atoms with van der Waals surface area (Å²) in [5, 5.41) is 3.58. The van der Waals surface area contributed by atoms with E-state index >= 15 is 0 Å². The molecule has 1 aliphatic rings. The molecule has 0 spiro atoms. The van der Waals surface area contributed by atoms with Gasteiger partial charge in [0.1, 0.15) is 5.82 Å². The second kappa shape index (κ2) is 6.26. The number of hydrogen-bond donors (Lipinski definition) is 1. The van der Waals surface area contributed by atoms with E-state index in [9.17, 15) is 4.39 Å². The molecular formula is C18H28FN. The molecule has 112 valence electrons. The molecular weight excluding hydrogens is 249 g/mol. The molecule has 1 fully saturated rings. The van der Waals surface area contributed by atoms with Gasteiger partial charge in [-0.3, -0.25) is 0 Å². The van der Waals surface area contributed by atoms with Crippen molar-refractivity contribution < 1.29 is 4.39 Å². The normalized spacial score (nSPS) is 25.9. The minimum atomic E-state index is -0.138. The van der Waals surface area contributed by atoms with E-state index in [-0.39, 0.29) is 5.82 Å². The molecule has 20 heavy (non-hydrogen) atoms. The molecule has 2 rings (SSSR count). The highest BCUT2D eigenvalue weighted by atomic mass is 19.1. The van der Waals surface area contributed by atoms with Crippen LogP contribution in [0.2, 0.25) is 0 Å². The van der Waals surface area contributed by atoms with Crippen LogP contribution in [-0.4, -0.2) is 12.6 Å². The molecule has 0 radical (unpaired) electrons. The zero-order valence-electron chi connectivity index (χ0n) is 13.2. The predicted molar refractivity (Wildman–Crippen MR) is 83.4 cm³/mol. The summed E-state index contributed by atoms with van der Waals surface area (Å²) in [5.41, 5.74) is 1.70. The van der Waals surface area contributed by atoms with Crippen LogP contribution in [0, 0.1) is 17.2 Å². The van der Waals surface area contributed by atoms with Crippen LogP contribution in [0.25, 0.3) is 0 Å². The van der Waals surface area contributed by atoms with E-state index in [1.807, 2.05) is 12.1 Å². The van der Waals surface area contributed by atoms with Crippen molar-refractivity contribution in [1.82, 2.24) is 5.32 Å². The maximum absolute atomic E-state index is 13.1. The van der Waals surface area contributed by atoms with Crippen molar-refractivity contribution in [3.05, 3.63) is 35.6 Å². The number of benzene rings is 1. The SMILES string of the molecule is CC(C)NCC1CCC(C)(C)CC1c1ccc(F)cc1. The van der Waals surface area contributed by atoms with Crippen molar-refractivity contribution in [3.63, 3.8) is 0 Å². The summed E-state index contributed by atoms with van der Waals surface area (Å²) in [4.78, 5) is 0. The molecule has 0 amide bonds. The summed E-state index contributed by atoms with van der Waals surface area (Å²) >= 11 is 0. The third kappa shape index (κ3) is 4.05. The zero-order valence-corrected chi connectivity index (χ0v) is 13.2. The maximum atomic E-state index is 13.1. The molecule has 1 N–H and O–H groups in total. The van der Waals surface area contributed by atoms with Crippen LogP contribution in [0.3, 0.4) is 0 Å². The third-order valence-electron chi connectivity index (χ3n) is 4.62. The summed E-state index contributed by atoms with van der Waals surface area (Å²) in [6, 6.07) is 7.68. The largest absolute Gasteiger partial charge is 0.314 e. The zero-order chi connectivity index (χ0) is 14.8. The average Bonchev–Trinajstić information content (AvgIpc) is 2.37. The molecule has 2 atom stereocenters. The van der Waals surface area contributed by atoms with Gasteiger partial charge in [-0.15, -0.1) is 0 Å². The summed E-state index contributed by atoms with van der Waals surface area (Å²) < 4.78 is 13.1. The average molecular weight is 277 g/mol. The topological polar surface area (TPSA) is 12.0 Å². The Hall–Kier alpha value is -0.890. The van der Waals surface area contributed by atoms with Gasteiger partial charge in [0, 0.05) is 6.04 Å². The fourth-order valence-corrected chi connectivity index (χ4v) is 3.37. The van der Waals surface area contributed by atoms with Gasteiger partial charge in [0.2, 0.25) is 0 Å². The monoisotopic (exact) mass is 277 g/mol. The molecule has 0 heterocycles. The highest BCUT2D eigenvalue weighted by Crippen LogP contribution is 2.46. The van der Waals surface area contributed by atoms with Crippen LogP contribution >= 0.6 is 0 Å². The molecule has 0 aromatic heterocycles. The van der Waals surface area contributed by atoms with Crippen LogP contribution in [-0.2, 0) is 0 Å². The van der Waals surface area contributed by atoms with Crippen molar-refractivity contribution in [2.75, 3.05) is 6.54 Å². The summed E-state index contributed by atoms with van der Waals surface area (Å²) in [6.07, 6.45) is 3.74. The second-order valence-corrected chi connectivity index (χ2v) is 7.39. The Labute approximate surface area is 123 Å². The minimum Gasteiger partial charge on any atom is -0.314 e. The Morgan fingerprint density at radius 1 is 1.25 bits per heavy atom.